The molecule has 4 heteroatoms. The van der Waals surface area contributed by atoms with Crippen molar-refractivity contribution < 1.29 is 9.59 Å². The molecule has 0 fully saturated rings. The fraction of sp³-hybridized carbons (Fsp3) is 0.176. The van der Waals surface area contributed by atoms with Gasteiger partial charge in [0.05, 0.1) is 13.1 Å². The molecule has 108 valence electrons. The van der Waals surface area contributed by atoms with Gasteiger partial charge in [-0.15, -0.1) is 0 Å². The minimum absolute atomic E-state index is 0.0238. The molecule has 2 aromatic carbocycles. The van der Waals surface area contributed by atoms with Crippen LogP contribution in [0.1, 0.15) is 31.8 Å². The Bertz CT molecular complexity index is 573. The third kappa shape index (κ3) is 3.84. The van der Waals surface area contributed by atoms with Gasteiger partial charge in [0, 0.05) is 11.1 Å². The predicted molar refractivity (Wildman–Crippen MR) is 82.5 cm³/mol. The summed E-state index contributed by atoms with van der Waals surface area (Å²) in [6.45, 7) is 0.0476. The molecule has 0 aromatic heterocycles. The summed E-state index contributed by atoms with van der Waals surface area (Å²) in [6.07, 6.45) is 0.744. The van der Waals surface area contributed by atoms with E-state index in [-0.39, 0.29) is 24.7 Å². The zero-order chi connectivity index (χ0) is 15.2. The van der Waals surface area contributed by atoms with E-state index in [1.165, 1.54) is 0 Å². The average Bonchev–Trinajstić information content (AvgIpc) is 2.55. The summed E-state index contributed by atoms with van der Waals surface area (Å²) in [5.74, 6) is -0.127. The molecule has 0 saturated heterocycles. The van der Waals surface area contributed by atoms with Gasteiger partial charge < -0.3 is 11.5 Å². The molecule has 0 bridgehead atoms. The second-order valence-corrected chi connectivity index (χ2v) is 4.83. The first-order valence-corrected chi connectivity index (χ1v) is 6.78. The molecule has 2 rings (SSSR count). The number of hydrogen-bond donors (Lipinski definition) is 2. The molecule has 0 heterocycles. The first kappa shape index (κ1) is 15.1. The molecule has 2 aromatic rings. The van der Waals surface area contributed by atoms with Crippen LogP contribution in [0.2, 0.25) is 0 Å². The Labute approximate surface area is 123 Å². The molecule has 4 nitrogen and oxygen atoms in total. The van der Waals surface area contributed by atoms with E-state index in [0.29, 0.717) is 11.1 Å². The maximum atomic E-state index is 11.4. The maximum Gasteiger partial charge on any atom is 0.176 e. The number of benzene rings is 2. The SMILES string of the molecule is NCC(=O)c1ccc(Cc2ccc(C(=O)CN)cc2)cc1. The van der Waals surface area contributed by atoms with Crippen LogP contribution < -0.4 is 11.5 Å². The largest absolute Gasteiger partial charge is 0.324 e. The van der Waals surface area contributed by atoms with E-state index < -0.39 is 0 Å². The lowest BCUT2D eigenvalue weighted by Crippen LogP contribution is -2.13. The highest BCUT2D eigenvalue weighted by Crippen LogP contribution is 2.12. The molecule has 0 atom stereocenters. The third-order valence-corrected chi connectivity index (χ3v) is 3.33. The Balaban J connectivity index is 2.08. The highest BCUT2D eigenvalue weighted by atomic mass is 16.1. The van der Waals surface area contributed by atoms with Gasteiger partial charge in [-0.1, -0.05) is 48.5 Å². The highest BCUT2D eigenvalue weighted by Gasteiger charge is 2.05. The lowest BCUT2D eigenvalue weighted by atomic mass is 10.0. The van der Waals surface area contributed by atoms with E-state index in [4.69, 9.17) is 11.5 Å². The van der Waals surface area contributed by atoms with Gasteiger partial charge in [-0.3, -0.25) is 9.59 Å². The fourth-order valence-electron chi connectivity index (χ4n) is 2.09. The molecule has 0 aliphatic rings. The van der Waals surface area contributed by atoms with Gasteiger partial charge in [0.2, 0.25) is 0 Å². The van der Waals surface area contributed by atoms with Crippen molar-refractivity contribution in [2.45, 2.75) is 6.42 Å². The van der Waals surface area contributed by atoms with Crippen LogP contribution >= 0.6 is 0 Å². The van der Waals surface area contributed by atoms with E-state index in [0.717, 1.165) is 17.5 Å². The topological polar surface area (TPSA) is 86.2 Å². The van der Waals surface area contributed by atoms with E-state index in [2.05, 4.69) is 0 Å². The van der Waals surface area contributed by atoms with Crippen LogP contribution in [0.25, 0.3) is 0 Å². The molecule has 0 amide bonds. The highest BCUT2D eigenvalue weighted by molar-refractivity contribution is 5.98. The predicted octanol–water partition coefficient (Wildman–Crippen LogP) is 1.56. The van der Waals surface area contributed by atoms with Crippen molar-refractivity contribution in [1.82, 2.24) is 0 Å². The van der Waals surface area contributed by atoms with E-state index in [1.54, 1.807) is 24.3 Å². The first-order valence-electron chi connectivity index (χ1n) is 6.78. The fourth-order valence-corrected chi connectivity index (χ4v) is 2.09. The van der Waals surface area contributed by atoms with Crippen LogP contribution in [0.4, 0.5) is 0 Å². The van der Waals surface area contributed by atoms with Crippen LogP contribution in [0, 0.1) is 0 Å². The Morgan fingerprint density at radius 3 is 1.29 bits per heavy atom. The van der Waals surface area contributed by atoms with Crippen molar-refractivity contribution in [3.63, 3.8) is 0 Å². The Morgan fingerprint density at radius 2 is 1.00 bits per heavy atom. The lowest BCUT2D eigenvalue weighted by Gasteiger charge is -2.05. The molecule has 0 spiro atoms. The van der Waals surface area contributed by atoms with Crippen molar-refractivity contribution >= 4 is 11.6 Å². The third-order valence-electron chi connectivity index (χ3n) is 3.33. The normalized spacial score (nSPS) is 10.4. The van der Waals surface area contributed by atoms with Gasteiger partial charge in [0.1, 0.15) is 0 Å². The molecule has 0 radical (unpaired) electrons. The Kier molecular flexibility index (Phi) is 4.98. The van der Waals surface area contributed by atoms with E-state index >= 15 is 0 Å². The number of Topliss-reactive ketones (excluding diaryl/α,β-unsaturated/α-hetero) is 2. The van der Waals surface area contributed by atoms with Gasteiger partial charge in [-0.2, -0.15) is 0 Å². The molecular formula is C17H18N2O2. The Hall–Kier alpha value is -2.30. The van der Waals surface area contributed by atoms with E-state index in [9.17, 15) is 9.59 Å². The lowest BCUT2D eigenvalue weighted by molar-refractivity contribution is 0.0993. The molecule has 4 N–H and O–H groups in total. The monoisotopic (exact) mass is 282 g/mol. The number of nitrogens with two attached hydrogens (primary N) is 2. The summed E-state index contributed by atoms with van der Waals surface area (Å²) in [5.41, 5.74) is 14.1. The van der Waals surface area contributed by atoms with Crippen molar-refractivity contribution in [1.29, 1.82) is 0 Å². The minimum Gasteiger partial charge on any atom is -0.324 e. The van der Waals surface area contributed by atoms with Crippen LogP contribution in [-0.2, 0) is 6.42 Å². The first-order chi connectivity index (χ1) is 10.1. The molecule has 0 aliphatic heterocycles. The van der Waals surface area contributed by atoms with Gasteiger partial charge in [-0.05, 0) is 17.5 Å². The second kappa shape index (κ2) is 6.92. The number of carbonyl (C=O) groups is 2. The van der Waals surface area contributed by atoms with Gasteiger partial charge in [0.25, 0.3) is 0 Å². The maximum absolute atomic E-state index is 11.4. The van der Waals surface area contributed by atoms with Crippen molar-refractivity contribution in [3.05, 3.63) is 70.8 Å². The molecule has 0 aliphatic carbocycles. The summed E-state index contributed by atoms with van der Waals surface area (Å²) in [5, 5.41) is 0. The minimum atomic E-state index is -0.0637. The molecule has 0 unspecified atom stereocenters. The van der Waals surface area contributed by atoms with Crippen molar-refractivity contribution in [2.24, 2.45) is 11.5 Å². The number of hydrogen-bond acceptors (Lipinski definition) is 4. The summed E-state index contributed by atoms with van der Waals surface area (Å²) >= 11 is 0. The van der Waals surface area contributed by atoms with Gasteiger partial charge in [-0.25, -0.2) is 0 Å². The zero-order valence-corrected chi connectivity index (χ0v) is 11.7. The summed E-state index contributed by atoms with van der Waals surface area (Å²) in [6, 6.07) is 14.8. The van der Waals surface area contributed by atoms with Crippen molar-refractivity contribution in [2.75, 3.05) is 13.1 Å². The summed E-state index contributed by atoms with van der Waals surface area (Å²) in [7, 11) is 0. The quantitative estimate of drug-likeness (QED) is 0.787. The summed E-state index contributed by atoms with van der Waals surface area (Å²) in [4.78, 5) is 22.9. The van der Waals surface area contributed by atoms with Crippen LogP contribution in [0.5, 0.6) is 0 Å². The van der Waals surface area contributed by atoms with Crippen LogP contribution in [-0.4, -0.2) is 24.7 Å². The smallest absolute Gasteiger partial charge is 0.176 e. The Morgan fingerprint density at radius 1 is 0.667 bits per heavy atom. The average molecular weight is 282 g/mol. The standard InChI is InChI=1S/C17H18N2O2/c18-10-16(20)14-5-1-12(2-6-14)9-13-3-7-15(8-4-13)17(21)11-19/h1-8H,9-11,18-19H2. The number of carbonyl (C=O) groups excluding carboxylic acids is 2. The van der Waals surface area contributed by atoms with Crippen LogP contribution in [0.3, 0.4) is 0 Å². The molecule has 21 heavy (non-hydrogen) atoms. The van der Waals surface area contributed by atoms with Gasteiger partial charge >= 0.3 is 0 Å². The molecule has 0 saturated carbocycles. The number of rotatable bonds is 6. The van der Waals surface area contributed by atoms with E-state index in [1.807, 2.05) is 24.3 Å². The van der Waals surface area contributed by atoms with Gasteiger partial charge in [0.15, 0.2) is 11.6 Å². The molecular weight excluding hydrogens is 264 g/mol. The second-order valence-electron chi connectivity index (χ2n) is 4.83. The zero-order valence-electron chi connectivity index (χ0n) is 11.7. The van der Waals surface area contributed by atoms with Crippen molar-refractivity contribution in [3.8, 4) is 0 Å². The number of ketones is 2. The van der Waals surface area contributed by atoms with Crippen LogP contribution in [0.15, 0.2) is 48.5 Å². The summed E-state index contributed by atoms with van der Waals surface area (Å²) < 4.78 is 0.